The summed E-state index contributed by atoms with van der Waals surface area (Å²) in [5.41, 5.74) is 0.994. The Bertz CT molecular complexity index is 719. The summed E-state index contributed by atoms with van der Waals surface area (Å²) in [6, 6.07) is 11.1. The molecule has 2 aromatic rings. The van der Waals surface area contributed by atoms with Crippen LogP contribution < -0.4 is 5.32 Å². The smallest absolute Gasteiger partial charge is 0.270 e. The second-order valence-electron chi connectivity index (χ2n) is 4.67. The van der Waals surface area contributed by atoms with Gasteiger partial charge in [0.1, 0.15) is 0 Å². The van der Waals surface area contributed by atoms with Gasteiger partial charge in [0.25, 0.3) is 11.6 Å². The van der Waals surface area contributed by atoms with Crippen molar-refractivity contribution in [3.8, 4) is 0 Å². The van der Waals surface area contributed by atoms with Gasteiger partial charge in [-0.25, -0.2) is 0 Å². The van der Waals surface area contributed by atoms with E-state index in [2.05, 4.69) is 21.2 Å². The lowest BCUT2D eigenvalue weighted by Crippen LogP contribution is -2.26. The van der Waals surface area contributed by atoms with Crippen LogP contribution in [-0.2, 0) is 0 Å². The van der Waals surface area contributed by atoms with Crippen molar-refractivity contribution in [2.45, 2.75) is 13.0 Å². The van der Waals surface area contributed by atoms with E-state index >= 15 is 0 Å². The summed E-state index contributed by atoms with van der Waals surface area (Å²) < 4.78 is 0.952. The second kappa shape index (κ2) is 6.89. The molecule has 1 unspecified atom stereocenters. The van der Waals surface area contributed by atoms with Crippen molar-refractivity contribution >= 4 is 39.1 Å². The van der Waals surface area contributed by atoms with Crippen LogP contribution in [0.4, 0.5) is 5.69 Å². The molecule has 0 saturated carbocycles. The number of nitro benzene ring substituents is 1. The fraction of sp³-hybridized carbons (Fsp3) is 0.133. The third kappa shape index (κ3) is 3.84. The lowest BCUT2D eigenvalue weighted by molar-refractivity contribution is -0.384. The molecule has 0 aliphatic heterocycles. The number of nitrogens with one attached hydrogen (secondary N) is 1. The Morgan fingerprint density at radius 3 is 2.45 bits per heavy atom. The van der Waals surface area contributed by atoms with Crippen LogP contribution in [0.1, 0.15) is 28.9 Å². The molecule has 0 saturated heterocycles. The van der Waals surface area contributed by atoms with Crippen molar-refractivity contribution < 1.29 is 9.72 Å². The van der Waals surface area contributed by atoms with Crippen molar-refractivity contribution in [1.82, 2.24) is 5.32 Å². The van der Waals surface area contributed by atoms with Gasteiger partial charge in [-0.1, -0.05) is 39.7 Å². The van der Waals surface area contributed by atoms with Gasteiger partial charge in [-0.05, 0) is 30.7 Å². The highest BCUT2D eigenvalue weighted by Crippen LogP contribution is 2.23. The van der Waals surface area contributed by atoms with E-state index in [4.69, 9.17) is 11.6 Å². The summed E-state index contributed by atoms with van der Waals surface area (Å²) in [5, 5.41) is 13.5. The fourth-order valence-electron chi connectivity index (χ4n) is 1.91. The van der Waals surface area contributed by atoms with E-state index in [0.717, 1.165) is 10.0 Å². The highest BCUT2D eigenvalue weighted by Gasteiger charge is 2.17. The zero-order chi connectivity index (χ0) is 16.3. The van der Waals surface area contributed by atoms with E-state index in [0.29, 0.717) is 0 Å². The van der Waals surface area contributed by atoms with Gasteiger partial charge in [0.15, 0.2) is 0 Å². The molecule has 0 aliphatic carbocycles. The predicted molar refractivity (Wildman–Crippen MR) is 88.1 cm³/mol. The molecule has 5 nitrogen and oxygen atoms in total. The maximum absolute atomic E-state index is 12.2. The first-order valence-electron chi connectivity index (χ1n) is 6.38. The molecular formula is C15H12BrClN2O3. The molecule has 0 radical (unpaired) electrons. The number of carbonyl (C=O) groups excluding carboxylic acids is 1. The summed E-state index contributed by atoms with van der Waals surface area (Å²) >= 11 is 9.30. The molecule has 114 valence electrons. The number of carbonyl (C=O) groups is 1. The Hall–Kier alpha value is -1.92. The minimum Gasteiger partial charge on any atom is -0.345 e. The van der Waals surface area contributed by atoms with Gasteiger partial charge in [0, 0.05) is 16.6 Å². The standard InChI is InChI=1S/C15H12BrClN2O3/c1-9(10-2-4-11(16)5-3-10)18-15(20)13-7-6-12(19(21)22)8-14(13)17/h2-9H,1H3,(H,18,20). The van der Waals surface area contributed by atoms with E-state index in [1.165, 1.54) is 18.2 Å². The lowest BCUT2D eigenvalue weighted by Gasteiger charge is -2.15. The van der Waals surface area contributed by atoms with Crippen molar-refractivity contribution in [2.24, 2.45) is 0 Å². The first-order valence-corrected chi connectivity index (χ1v) is 7.56. The Morgan fingerprint density at radius 2 is 1.91 bits per heavy atom. The third-order valence-corrected chi connectivity index (χ3v) is 3.97. The molecule has 7 heteroatoms. The van der Waals surface area contributed by atoms with E-state index < -0.39 is 4.92 Å². The Balaban J connectivity index is 2.15. The number of non-ortho nitro benzene ring substituents is 1. The number of nitro groups is 1. The number of benzene rings is 2. The SMILES string of the molecule is CC(NC(=O)c1ccc([N+](=O)[O-])cc1Cl)c1ccc(Br)cc1. The van der Waals surface area contributed by atoms with Crippen LogP contribution in [0.2, 0.25) is 5.02 Å². The molecule has 0 aromatic heterocycles. The Morgan fingerprint density at radius 1 is 1.27 bits per heavy atom. The molecule has 1 amide bonds. The van der Waals surface area contributed by atoms with Gasteiger partial charge < -0.3 is 5.32 Å². The second-order valence-corrected chi connectivity index (χ2v) is 5.99. The van der Waals surface area contributed by atoms with Gasteiger partial charge in [-0.2, -0.15) is 0 Å². The summed E-state index contributed by atoms with van der Waals surface area (Å²) in [5.74, 6) is -0.379. The summed E-state index contributed by atoms with van der Waals surface area (Å²) in [4.78, 5) is 22.3. The van der Waals surface area contributed by atoms with E-state index in [1.807, 2.05) is 31.2 Å². The molecule has 22 heavy (non-hydrogen) atoms. The van der Waals surface area contributed by atoms with Gasteiger partial charge in [-0.3, -0.25) is 14.9 Å². The van der Waals surface area contributed by atoms with Crippen LogP contribution in [0.3, 0.4) is 0 Å². The van der Waals surface area contributed by atoms with E-state index in [1.54, 1.807) is 0 Å². The van der Waals surface area contributed by atoms with Crippen LogP contribution >= 0.6 is 27.5 Å². The van der Waals surface area contributed by atoms with E-state index in [-0.39, 0.29) is 28.2 Å². The average molecular weight is 384 g/mol. The maximum atomic E-state index is 12.2. The summed E-state index contributed by atoms with van der Waals surface area (Å²) in [6.07, 6.45) is 0. The molecule has 1 atom stereocenters. The molecule has 0 fully saturated rings. The molecule has 2 aromatic carbocycles. The highest BCUT2D eigenvalue weighted by molar-refractivity contribution is 9.10. The van der Waals surface area contributed by atoms with Crippen LogP contribution in [0, 0.1) is 10.1 Å². The van der Waals surface area contributed by atoms with Crippen LogP contribution in [-0.4, -0.2) is 10.8 Å². The molecule has 1 N–H and O–H groups in total. The molecule has 0 heterocycles. The number of rotatable bonds is 4. The predicted octanol–water partition coefficient (Wildman–Crippen LogP) is 4.50. The molecule has 0 aliphatic rings. The van der Waals surface area contributed by atoms with Gasteiger partial charge >= 0.3 is 0 Å². The zero-order valence-electron chi connectivity index (χ0n) is 11.5. The van der Waals surface area contributed by atoms with Crippen molar-refractivity contribution in [3.63, 3.8) is 0 Å². The lowest BCUT2D eigenvalue weighted by atomic mass is 10.1. The topological polar surface area (TPSA) is 72.2 Å². The fourth-order valence-corrected chi connectivity index (χ4v) is 2.44. The largest absolute Gasteiger partial charge is 0.345 e. The number of halogens is 2. The molecule has 0 bridgehead atoms. The zero-order valence-corrected chi connectivity index (χ0v) is 13.9. The third-order valence-electron chi connectivity index (χ3n) is 3.13. The maximum Gasteiger partial charge on any atom is 0.270 e. The average Bonchev–Trinajstić information content (AvgIpc) is 2.47. The summed E-state index contributed by atoms with van der Waals surface area (Å²) in [6.45, 7) is 1.85. The monoisotopic (exact) mass is 382 g/mol. The quantitative estimate of drug-likeness (QED) is 0.624. The first kappa shape index (κ1) is 16.5. The van der Waals surface area contributed by atoms with Crippen molar-refractivity contribution in [2.75, 3.05) is 0 Å². The normalized spacial score (nSPS) is 11.8. The van der Waals surface area contributed by atoms with Crippen molar-refractivity contribution in [1.29, 1.82) is 0 Å². The number of hydrogen-bond donors (Lipinski definition) is 1. The Kier molecular flexibility index (Phi) is 5.15. The van der Waals surface area contributed by atoms with Gasteiger partial charge in [-0.15, -0.1) is 0 Å². The molecule has 2 rings (SSSR count). The van der Waals surface area contributed by atoms with E-state index in [9.17, 15) is 14.9 Å². The van der Waals surface area contributed by atoms with Gasteiger partial charge in [0.2, 0.25) is 0 Å². The number of amides is 1. The minimum atomic E-state index is -0.558. The first-order chi connectivity index (χ1) is 10.4. The van der Waals surface area contributed by atoms with Crippen molar-refractivity contribution in [3.05, 3.63) is 73.2 Å². The van der Waals surface area contributed by atoms with Crippen LogP contribution in [0.15, 0.2) is 46.9 Å². The minimum absolute atomic E-state index is 0.0507. The van der Waals surface area contributed by atoms with Gasteiger partial charge in [0.05, 0.1) is 21.6 Å². The summed E-state index contributed by atoms with van der Waals surface area (Å²) in [7, 11) is 0. The molecular weight excluding hydrogens is 372 g/mol. The highest BCUT2D eigenvalue weighted by atomic mass is 79.9. The number of nitrogens with zero attached hydrogens (tertiary/aromatic N) is 1. The Labute approximate surface area is 140 Å². The molecule has 0 spiro atoms. The van der Waals surface area contributed by atoms with Crippen LogP contribution in [0.5, 0.6) is 0 Å². The van der Waals surface area contributed by atoms with Crippen LogP contribution in [0.25, 0.3) is 0 Å². The number of hydrogen-bond acceptors (Lipinski definition) is 3.